The molecule has 0 bridgehead atoms. The quantitative estimate of drug-likeness (QED) is 0.257. The third kappa shape index (κ3) is 5.20. The van der Waals surface area contributed by atoms with Crippen LogP contribution in [-0.2, 0) is 21.4 Å². The van der Waals surface area contributed by atoms with Gasteiger partial charge in [-0.05, 0) is 74.3 Å². The zero-order valence-corrected chi connectivity index (χ0v) is 21.3. The molecule has 0 radical (unpaired) electrons. The minimum atomic E-state index is -0.653. The van der Waals surface area contributed by atoms with E-state index < -0.39 is 11.5 Å². The number of carbonyl (C=O) groups is 1. The molecule has 1 N–H and O–H groups in total. The molecule has 1 aliphatic rings. The molecule has 1 atom stereocenters. The van der Waals surface area contributed by atoms with Crippen LogP contribution < -0.4 is 0 Å². The highest BCUT2D eigenvalue weighted by atomic mass is 16.5. The van der Waals surface area contributed by atoms with E-state index in [1.165, 1.54) is 0 Å². The van der Waals surface area contributed by atoms with Crippen LogP contribution in [0.5, 0.6) is 0 Å². The summed E-state index contributed by atoms with van der Waals surface area (Å²) in [5.74, 6) is 0.489. The topological polar surface area (TPSA) is 85.5 Å². The predicted octanol–water partition coefficient (Wildman–Crippen LogP) is 6.36. The fraction of sp³-hybridized carbons (Fsp3) is 0.323. The molecule has 1 saturated carbocycles. The Morgan fingerprint density at radius 1 is 1.05 bits per heavy atom. The Balaban J connectivity index is 1.28. The molecule has 1 aliphatic carbocycles. The first-order valence-corrected chi connectivity index (χ1v) is 12.9. The fourth-order valence-corrected chi connectivity index (χ4v) is 4.97. The van der Waals surface area contributed by atoms with Crippen molar-refractivity contribution >= 4 is 5.97 Å². The molecule has 190 valence electrons. The molecule has 0 aliphatic heterocycles. The summed E-state index contributed by atoms with van der Waals surface area (Å²) in [6, 6.07) is 20.2. The Morgan fingerprint density at radius 3 is 2.35 bits per heavy atom. The lowest BCUT2D eigenvalue weighted by atomic mass is 9.93. The lowest BCUT2D eigenvalue weighted by molar-refractivity contribution is -0.146. The average Bonchev–Trinajstić information content (AvgIpc) is 3.66. The molecule has 6 nitrogen and oxygen atoms in total. The molecule has 37 heavy (non-hydrogen) atoms. The van der Waals surface area contributed by atoms with Gasteiger partial charge in [0.05, 0.1) is 29.4 Å². The van der Waals surface area contributed by atoms with E-state index in [0.29, 0.717) is 24.5 Å². The summed E-state index contributed by atoms with van der Waals surface area (Å²) in [7, 11) is 0. The maximum atomic E-state index is 12.4. The highest BCUT2D eigenvalue weighted by molar-refractivity contribution is 5.87. The van der Waals surface area contributed by atoms with Crippen molar-refractivity contribution in [3.8, 4) is 22.5 Å². The van der Waals surface area contributed by atoms with E-state index in [-0.39, 0.29) is 5.97 Å². The Hall–Kier alpha value is -3.77. The minimum absolute atomic E-state index is 0.121. The molecule has 1 unspecified atom stereocenters. The number of aliphatic hydroxyl groups excluding tert-OH is 1. The van der Waals surface area contributed by atoms with Crippen molar-refractivity contribution in [2.24, 2.45) is 0 Å². The van der Waals surface area contributed by atoms with Gasteiger partial charge in [-0.2, -0.15) is 0 Å². The number of benzene rings is 2. The molecular formula is C31H32N2O4. The Kier molecular flexibility index (Phi) is 7.19. The van der Waals surface area contributed by atoms with Crippen LogP contribution in [0.25, 0.3) is 22.5 Å². The monoisotopic (exact) mass is 496 g/mol. The molecule has 0 amide bonds. The third-order valence-electron chi connectivity index (χ3n) is 7.24. The third-order valence-corrected chi connectivity index (χ3v) is 7.24. The molecule has 2 heterocycles. The van der Waals surface area contributed by atoms with Gasteiger partial charge < -0.3 is 14.4 Å². The van der Waals surface area contributed by atoms with Gasteiger partial charge in [-0.15, -0.1) is 0 Å². The molecule has 1 fully saturated rings. The SMILES string of the molecule is CCOC(=O)C1(c2ccc(-c3ccc(-c4onc(C)c4C(O)CCCc4cccnc4)cc3)cc2)CC1. The number of aliphatic hydroxyl groups is 1. The summed E-state index contributed by atoms with van der Waals surface area (Å²) in [5, 5.41) is 15.1. The number of ether oxygens (including phenoxy) is 1. The van der Waals surface area contributed by atoms with Crippen LogP contribution in [-0.4, -0.2) is 27.8 Å². The molecule has 0 saturated heterocycles. The van der Waals surface area contributed by atoms with Crippen molar-refractivity contribution < 1.29 is 19.2 Å². The van der Waals surface area contributed by atoms with Gasteiger partial charge in [0, 0.05) is 18.0 Å². The summed E-state index contributed by atoms with van der Waals surface area (Å²) in [6.07, 6.45) is 6.97. The number of hydrogen-bond acceptors (Lipinski definition) is 6. The van der Waals surface area contributed by atoms with Crippen LogP contribution in [0.15, 0.2) is 77.6 Å². The summed E-state index contributed by atoms with van der Waals surface area (Å²) < 4.78 is 10.9. The normalized spacial score (nSPS) is 14.8. The second-order valence-corrected chi connectivity index (χ2v) is 9.74. The fourth-order valence-electron chi connectivity index (χ4n) is 4.97. The van der Waals surface area contributed by atoms with Crippen LogP contribution in [0.1, 0.15) is 61.1 Å². The van der Waals surface area contributed by atoms with E-state index in [0.717, 1.165) is 59.1 Å². The molecular weight excluding hydrogens is 464 g/mol. The number of hydrogen-bond donors (Lipinski definition) is 1. The van der Waals surface area contributed by atoms with Crippen molar-refractivity contribution in [1.29, 1.82) is 0 Å². The smallest absolute Gasteiger partial charge is 0.316 e. The van der Waals surface area contributed by atoms with Crippen molar-refractivity contribution in [1.82, 2.24) is 10.1 Å². The van der Waals surface area contributed by atoms with Gasteiger partial charge in [0.1, 0.15) is 0 Å². The van der Waals surface area contributed by atoms with Crippen molar-refractivity contribution in [2.45, 2.75) is 57.5 Å². The lowest BCUT2D eigenvalue weighted by Gasteiger charge is -2.15. The predicted molar refractivity (Wildman–Crippen MR) is 142 cm³/mol. The molecule has 2 aromatic heterocycles. The van der Waals surface area contributed by atoms with Crippen LogP contribution in [0, 0.1) is 6.92 Å². The molecule has 2 aromatic carbocycles. The minimum Gasteiger partial charge on any atom is -0.465 e. The van der Waals surface area contributed by atoms with Crippen LogP contribution in [0.3, 0.4) is 0 Å². The second-order valence-electron chi connectivity index (χ2n) is 9.74. The van der Waals surface area contributed by atoms with Crippen molar-refractivity contribution in [2.75, 3.05) is 6.61 Å². The standard InChI is InChI=1S/C31H32N2O4/c1-3-36-30(35)31(17-18-31)26-15-13-24(14-16-26)23-9-11-25(12-10-23)29-28(21(2)33-37-29)27(34)8-4-6-22-7-5-19-32-20-22/h5,7,9-16,19-20,27,34H,3-4,6,8,17-18H2,1-2H3. The summed E-state index contributed by atoms with van der Waals surface area (Å²) >= 11 is 0. The number of nitrogens with zero attached hydrogens (tertiary/aromatic N) is 2. The maximum Gasteiger partial charge on any atom is 0.316 e. The number of rotatable bonds is 10. The van der Waals surface area contributed by atoms with Gasteiger partial charge in [0.2, 0.25) is 0 Å². The summed E-state index contributed by atoms with van der Waals surface area (Å²) in [4.78, 5) is 16.6. The number of aromatic nitrogens is 2. The van der Waals surface area contributed by atoms with E-state index in [9.17, 15) is 9.90 Å². The van der Waals surface area contributed by atoms with Gasteiger partial charge >= 0.3 is 5.97 Å². The van der Waals surface area contributed by atoms with Crippen LogP contribution in [0.2, 0.25) is 0 Å². The van der Waals surface area contributed by atoms with Gasteiger partial charge in [-0.3, -0.25) is 9.78 Å². The van der Waals surface area contributed by atoms with Gasteiger partial charge in [0.25, 0.3) is 0 Å². The van der Waals surface area contributed by atoms with Gasteiger partial charge in [-0.1, -0.05) is 59.8 Å². The van der Waals surface area contributed by atoms with E-state index in [2.05, 4.69) is 28.3 Å². The maximum absolute atomic E-state index is 12.4. The number of aryl methyl sites for hydroxylation is 2. The first kappa shape index (κ1) is 24.9. The molecule has 5 rings (SSSR count). The lowest BCUT2D eigenvalue weighted by Crippen LogP contribution is -2.23. The first-order valence-electron chi connectivity index (χ1n) is 12.9. The van der Waals surface area contributed by atoms with Crippen molar-refractivity contribution in [3.05, 3.63) is 95.4 Å². The largest absolute Gasteiger partial charge is 0.465 e. The molecule has 0 spiro atoms. The Labute approximate surface area is 217 Å². The Morgan fingerprint density at radius 2 is 1.73 bits per heavy atom. The van der Waals surface area contributed by atoms with Crippen LogP contribution in [0.4, 0.5) is 0 Å². The second kappa shape index (κ2) is 10.7. The van der Waals surface area contributed by atoms with Crippen LogP contribution >= 0.6 is 0 Å². The zero-order chi connectivity index (χ0) is 25.8. The first-order chi connectivity index (χ1) is 18.0. The number of esters is 1. The highest BCUT2D eigenvalue weighted by Gasteiger charge is 2.52. The number of pyridine rings is 1. The molecule has 6 heteroatoms. The highest BCUT2D eigenvalue weighted by Crippen LogP contribution is 2.49. The van der Waals surface area contributed by atoms with E-state index in [4.69, 9.17) is 9.26 Å². The average molecular weight is 497 g/mol. The van der Waals surface area contributed by atoms with Gasteiger partial charge in [0.15, 0.2) is 5.76 Å². The summed E-state index contributed by atoms with van der Waals surface area (Å²) in [5.41, 5.74) is 6.18. The van der Waals surface area contributed by atoms with Gasteiger partial charge in [-0.25, -0.2) is 0 Å². The van der Waals surface area contributed by atoms with E-state index in [1.54, 1.807) is 6.20 Å². The summed E-state index contributed by atoms with van der Waals surface area (Å²) in [6.45, 7) is 4.11. The zero-order valence-electron chi connectivity index (χ0n) is 21.3. The van der Waals surface area contributed by atoms with Crippen molar-refractivity contribution in [3.63, 3.8) is 0 Å². The Bertz CT molecular complexity index is 1340. The van der Waals surface area contributed by atoms with E-state index in [1.807, 2.05) is 62.5 Å². The molecule has 4 aromatic rings. The number of carbonyl (C=O) groups excluding carboxylic acids is 1. The van der Waals surface area contributed by atoms with E-state index >= 15 is 0 Å².